The van der Waals surface area contributed by atoms with Gasteiger partial charge in [-0.05, 0) is 56.5 Å². The Hall–Kier alpha value is -3.08. The van der Waals surface area contributed by atoms with Crippen LogP contribution >= 0.6 is 0 Å². The molecule has 0 spiro atoms. The van der Waals surface area contributed by atoms with Gasteiger partial charge in [0.15, 0.2) is 0 Å². The molecule has 2 heterocycles. The lowest BCUT2D eigenvalue weighted by molar-refractivity contribution is -0.114. The van der Waals surface area contributed by atoms with Crippen molar-refractivity contribution in [2.45, 2.75) is 26.2 Å². The van der Waals surface area contributed by atoms with Crippen LogP contribution in [-0.4, -0.2) is 31.8 Å². The number of methoxy groups -OCH3 is 1. The van der Waals surface area contributed by atoms with Crippen LogP contribution < -0.4 is 14.6 Å². The summed E-state index contributed by atoms with van der Waals surface area (Å²) in [6.45, 7) is 4.03. The summed E-state index contributed by atoms with van der Waals surface area (Å²) in [5.74, 6) is 0.653. The van der Waals surface area contributed by atoms with Crippen LogP contribution in [0.15, 0.2) is 59.2 Å². The van der Waals surface area contributed by atoms with Crippen molar-refractivity contribution in [2.24, 2.45) is 5.10 Å². The lowest BCUT2D eigenvalue weighted by Gasteiger charge is -2.29. The number of anilines is 2. The van der Waals surface area contributed by atoms with E-state index in [9.17, 15) is 4.79 Å². The predicted molar refractivity (Wildman–Crippen MR) is 114 cm³/mol. The predicted octanol–water partition coefficient (Wildman–Crippen LogP) is 4.49. The van der Waals surface area contributed by atoms with Crippen molar-refractivity contribution in [1.82, 2.24) is 0 Å². The molecule has 0 unspecified atom stereocenters. The number of hydrogen-bond acceptors (Lipinski definition) is 4. The van der Waals surface area contributed by atoms with E-state index >= 15 is 0 Å². The van der Waals surface area contributed by atoms with Crippen molar-refractivity contribution in [2.75, 3.05) is 30.1 Å². The van der Waals surface area contributed by atoms with E-state index in [4.69, 9.17) is 4.74 Å². The monoisotopic (exact) mass is 375 g/mol. The van der Waals surface area contributed by atoms with E-state index in [0.717, 1.165) is 30.1 Å². The SMILES string of the molecule is COc1cc(N2CCCCC2)ccc1/C=C1/C(=O)N(c2ccccc2)N=C1C. The van der Waals surface area contributed by atoms with Crippen molar-refractivity contribution < 1.29 is 9.53 Å². The number of ether oxygens (including phenoxy) is 1. The smallest absolute Gasteiger partial charge is 0.280 e. The standard InChI is InChI=1S/C23H25N3O2/c1-17-21(23(27)26(24-17)19-9-5-3-6-10-19)15-18-11-12-20(16-22(18)28-2)25-13-7-4-8-14-25/h3,5-6,9-12,15-16H,4,7-8,13-14H2,1-2H3/b21-15+. The van der Waals surface area contributed by atoms with E-state index < -0.39 is 0 Å². The summed E-state index contributed by atoms with van der Waals surface area (Å²) in [4.78, 5) is 15.3. The molecule has 2 aromatic carbocycles. The molecule has 28 heavy (non-hydrogen) atoms. The number of piperidine rings is 1. The molecule has 0 radical (unpaired) electrons. The molecule has 2 aliphatic heterocycles. The van der Waals surface area contributed by atoms with Crippen molar-refractivity contribution in [3.8, 4) is 5.75 Å². The maximum atomic E-state index is 12.9. The fourth-order valence-corrected chi connectivity index (χ4v) is 3.75. The van der Waals surface area contributed by atoms with Gasteiger partial charge in [-0.25, -0.2) is 0 Å². The number of amides is 1. The van der Waals surface area contributed by atoms with Crippen molar-refractivity contribution in [3.63, 3.8) is 0 Å². The second-order valence-corrected chi connectivity index (χ2v) is 7.17. The third-order valence-electron chi connectivity index (χ3n) is 5.30. The van der Waals surface area contributed by atoms with Crippen LogP contribution in [0.5, 0.6) is 5.75 Å². The maximum Gasteiger partial charge on any atom is 0.280 e. The zero-order valence-electron chi connectivity index (χ0n) is 16.4. The largest absolute Gasteiger partial charge is 0.496 e. The van der Waals surface area contributed by atoms with Gasteiger partial charge in [0.05, 0.1) is 24.1 Å². The van der Waals surface area contributed by atoms with Crippen LogP contribution in [0.2, 0.25) is 0 Å². The number of hydrazone groups is 1. The first-order valence-corrected chi connectivity index (χ1v) is 9.77. The molecule has 5 nitrogen and oxygen atoms in total. The minimum Gasteiger partial charge on any atom is -0.496 e. The lowest BCUT2D eigenvalue weighted by atomic mass is 10.0. The topological polar surface area (TPSA) is 45.1 Å². The van der Waals surface area contributed by atoms with E-state index in [-0.39, 0.29) is 5.91 Å². The van der Waals surface area contributed by atoms with Crippen LogP contribution in [-0.2, 0) is 4.79 Å². The van der Waals surface area contributed by atoms with Gasteiger partial charge in [-0.1, -0.05) is 18.2 Å². The normalized spacial score (nSPS) is 18.6. The Morgan fingerprint density at radius 2 is 1.75 bits per heavy atom. The fourth-order valence-electron chi connectivity index (χ4n) is 3.75. The van der Waals surface area contributed by atoms with Gasteiger partial charge < -0.3 is 9.64 Å². The zero-order chi connectivity index (χ0) is 19.5. The Kier molecular flexibility index (Phi) is 5.15. The molecule has 144 valence electrons. The molecule has 2 aromatic rings. The first-order chi connectivity index (χ1) is 13.7. The molecule has 4 rings (SSSR count). The molecular weight excluding hydrogens is 350 g/mol. The summed E-state index contributed by atoms with van der Waals surface area (Å²) in [6, 6.07) is 15.7. The molecule has 2 aliphatic rings. The Labute approximate surface area is 165 Å². The third kappa shape index (κ3) is 3.52. The highest BCUT2D eigenvalue weighted by Gasteiger charge is 2.29. The second kappa shape index (κ2) is 7.89. The van der Waals surface area contributed by atoms with E-state index in [1.807, 2.05) is 49.4 Å². The maximum absolute atomic E-state index is 12.9. The van der Waals surface area contributed by atoms with Crippen LogP contribution in [0, 0.1) is 0 Å². The zero-order valence-corrected chi connectivity index (χ0v) is 16.4. The minimum absolute atomic E-state index is 0.120. The quantitative estimate of drug-likeness (QED) is 0.740. The molecule has 0 aliphatic carbocycles. The van der Waals surface area contributed by atoms with Gasteiger partial charge in [0.1, 0.15) is 5.75 Å². The summed E-state index contributed by atoms with van der Waals surface area (Å²) < 4.78 is 5.63. The molecule has 0 bridgehead atoms. The van der Waals surface area contributed by atoms with Crippen LogP contribution in [0.1, 0.15) is 31.7 Å². The minimum atomic E-state index is -0.120. The van der Waals surface area contributed by atoms with Gasteiger partial charge in [0.2, 0.25) is 0 Å². The summed E-state index contributed by atoms with van der Waals surface area (Å²) in [5.41, 5.74) is 4.12. The summed E-state index contributed by atoms with van der Waals surface area (Å²) in [6.07, 6.45) is 5.64. The highest BCUT2D eigenvalue weighted by molar-refractivity contribution is 6.32. The summed E-state index contributed by atoms with van der Waals surface area (Å²) >= 11 is 0. The van der Waals surface area contributed by atoms with Crippen molar-refractivity contribution in [3.05, 3.63) is 59.7 Å². The van der Waals surface area contributed by atoms with Crippen LogP contribution in [0.25, 0.3) is 6.08 Å². The fraction of sp³-hybridized carbons (Fsp3) is 0.304. The Morgan fingerprint density at radius 1 is 1.00 bits per heavy atom. The second-order valence-electron chi connectivity index (χ2n) is 7.17. The number of hydrogen-bond donors (Lipinski definition) is 0. The van der Waals surface area contributed by atoms with Gasteiger partial charge in [-0.3, -0.25) is 4.79 Å². The number of nitrogens with zero attached hydrogens (tertiary/aromatic N) is 3. The Bertz CT molecular complexity index is 928. The lowest BCUT2D eigenvalue weighted by Crippen LogP contribution is -2.29. The summed E-state index contributed by atoms with van der Waals surface area (Å²) in [5, 5.41) is 5.90. The molecule has 0 aromatic heterocycles. The molecule has 1 fully saturated rings. The van der Waals surface area contributed by atoms with Gasteiger partial charge in [-0.15, -0.1) is 0 Å². The average Bonchev–Trinajstić information content (AvgIpc) is 3.03. The number of para-hydroxylation sites is 1. The number of carbonyl (C=O) groups excluding carboxylic acids is 1. The van der Waals surface area contributed by atoms with Gasteiger partial charge in [-0.2, -0.15) is 10.1 Å². The molecule has 1 amide bonds. The van der Waals surface area contributed by atoms with E-state index in [1.165, 1.54) is 30.0 Å². The van der Waals surface area contributed by atoms with Gasteiger partial charge >= 0.3 is 0 Å². The first-order valence-electron chi connectivity index (χ1n) is 9.77. The Balaban J connectivity index is 1.63. The van der Waals surface area contributed by atoms with Gasteiger partial charge in [0, 0.05) is 30.4 Å². The molecule has 0 saturated carbocycles. The number of benzene rings is 2. The van der Waals surface area contributed by atoms with E-state index in [2.05, 4.69) is 22.1 Å². The van der Waals surface area contributed by atoms with Crippen molar-refractivity contribution in [1.29, 1.82) is 0 Å². The van der Waals surface area contributed by atoms with E-state index in [1.54, 1.807) is 7.11 Å². The molecule has 0 N–H and O–H groups in total. The van der Waals surface area contributed by atoms with E-state index in [0.29, 0.717) is 11.3 Å². The molecular formula is C23H25N3O2. The molecule has 5 heteroatoms. The average molecular weight is 375 g/mol. The first kappa shape index (κ1) is 18.3. The molecule has 0 atom stereocenters. The van der Waals surface area contributed by atoms with Gasteiger partial charge in [0.25, 0.3) is 5.91 Å². The highest BCUT2D eigenvalue weighted by atomic mass is 16.5. The summed E-state index contributed by atoms with van der Waals surface area (Å²) in [7, 11) is 1.67. The highest BCUT2D eigenvalue weighted by Crippen LogP contribution is 2.31. The molecule has 1 saturated heterocycles. The van der Waals surface area contributed by atoms with Crippen LogP contribution in [0.4, 0.5) is 11.4 Å². The third-order valence-corrected chi connectivity index (χ3v) is 5.30. The Morgan fingerprint density at radius 3 is 2.46 bits per heavy atom. The van der Waals surface area contributed by atoms with Crippen LogP contribution in [0.3, 0.4) is 0 Å². The number of carbonyl (C=O) groups is 1. The number of rotatable bonds is 4. The van der Waals surface area contributed by atoms with Crippen molar-refractivity contribution >= 4 is 29.1 Å².